The Morgan fingerprint density at radius 3 is 2.58 bits per heavy atom. The first-order chi connectivity index (χ1) is 9.08. The summed E-state index contributed by atoms with van der Waals surface area (Å²) < 4.78 is 0. The Morgan fingerprint density at radius 2 is 1.89 bits per heavy atom. The van der Waals surface area contributed by atoms with Crippen LogP contribution >= 0.6 is 0 Å². The van der Waals surface area contributed by atoms with Gasteiger partial charge in [-0.2, -0.15) is 0 Å². The maximum Gasteiger partial charge on any atom is 0.0781 e. The number of aliphatic hydroxyl groups excluding tert-OH is 1. The van der Waals surface area contributed by atoms with Crippen molar-refractivity contribution in [1.82, 2.24) is 4.98 Å². The number of para-hydroxylation sites is 1. The monoisotopic (exact) mass is 256 g/mol. The van der Waals surface area contributed by atoms with Gasteiger partial charge in [0.1, 0.15) is 0 Å². The average Bonchev–Trinajstić information content (AvgIpc) is 2.38. The van der Waals surface area contributed by atoms with Gasteiger partial charge < -0.3 is 10.0 Å². The summed E-state index contributed by atoms with van der Waals surface area (Å²) in [6.45, 7) is 4.51. The van der Waals surface area contributed by atoms with Gasteiger partial charge in [-0.1, -0.05) is 24.3 Å². The number of aromatic nitrogens is 1. The highest BCUT2D eigenvalue weighted by Gasteiger charge is 2.11. The Morgan fingerprint density at radius 1 is 1.16 bits per heavy atom. The minimum absolute atomic E-state index is 0.468. The summed E-state index contributed by atoms with van der Waals surface area (Å²) in [5.41, 5.74) is 4.04. The first kappa shape index (κ1) is 13.6. The largest absolute Gasteiger partial charge is 0.389 e. The minimum atomic E-state index is -0.468. The van der Waals surface area contributed by atoms with E-state index in [4.69, 9.17) is 0 Å². The summed E-state index contributed by atoms with van der Waals surface area (Å²) >= 11 is 0. The lowest BCUT2D eigenvalue weighted by molar-refractivity contribution is 0.199. The van der Waals surface area contributed by atoms with E-state index in [9.17, 15) is 5.11 Å². The molecule has 0 radical (unpaired) electrons. The molecule has 0 aliphatic heterocycles. The Kier molecular flexibility index (Phi) is 4.17. The lowest BCUT2D eigenvalue weighted by Gasteiger charge is -2.23. The van der Waals surface area contributed by atoms with Crippen molar-refractivity contribution in [2.75, 3.05) is 11.9 Å². The molecule has 0 spiro atoms. The fourth-order valence-corrected chi connectivity index (χ4v) is 2.20. The van der Waals surface area contributed by atoms with E-state index in [-0.39, 0.29) is 0 Å². The first-order valence-corrected chi connectivity index (χ1v) is 6.48. The van der Waals surface area contributed by atoms with Gasteiger partial charge in [0.15, 0.2) is 0 Å². The molecule has 0 aliphatic rings. The molecule has 1 aromatic heterocycles. The van der Waals surface area contributed by atoms with Gasteiger partial charge in [-0.25, -0.2) is 0 Å². The Hall–Kier alpha value is -1.87. The minimum Gasteiger partial charge on any atom is -0.389 e. The maximum atomic E-state index is 9.82. The summed E-state index contributed by atoms with van der Waals surface area (Å²) in [5, 5.41) is 9.82. The molecule has 0 saturated heterocycles. The smallest absolute Gasteiger partial charge is 0.0781 e. The second-order valence-corrected chi connectivity index (χ2v) is 4.86. The van der Waals surface area contributed by atoms with Gasteiger partial charge in [-0.05, 0) is 32.0 Å². The van der Waals surface area contributed by atoms with Gasteiger partial charge in [0.2, 0.25) is 0 Å². The number of hydrogen-bond donors (Lipinski definition) is 1. The second kappa shape index (κ2) is 5.85. The third-order valence-corrected chi connectivity index (χ3v) is 3.14. The summed E-state index contributed by atoms with van der Waals surface area (Å²) in [6, 6.07) is 14.0. The van der Waals surface area contributed by atoms with Gasteiger partial charge in [0, 0.05) is 24.0 Å². The normalized spacial score (nSPS) is 12.2. The SMILES string of the molecule is Cc1cccc(CN(C)c2ccccc2C(C)O)n1. The van der Waals surface area contributed by atoms with E-state index in [1.54, 1.807) is 6.92 Å². The predicted molar refractivity (Wildman–Crippen MR) is 78.2 cm³/mol. The number of anilines is 1. The third-order valence-electron chi connectivity index (χ3n) is 3.14. The number of aliphatic hydroxyl groups is 1. The molecule has 0 bridgehead atoms. The van der Waals surface area contributed by atoms with Crippen molar-refractivity contribution in [2.45, 2.75) is 26.5 Å². The lowest BCUT2D eigenvalue weighted by Crippen LogP contribution is -2.19. The molecule has 1 atom stereocenters. The molecule has 0 fully saturated rings. The molecule has 19 heavy (non-hydrogen) atoms. The number of nitrogens with zero attached hydrogens (tertiary/aromatic N) is 2. The summed E-state index contributed by atoms with van der Waals surface area (Å²) in [6.07, 6.45) is -0.468. The number of pyridine rings is 1. The van der Waals surface area contributed by atoms with E-state index in [1.807, 2.05) is 56.4 Å². The second-order valence-electron chi connectivity index (χ2n) is 4.86. The highest BCUT2D eigenvalue weighted by Crippen LogP contribution is 2.26. The first-order valence-electron chi connectivity index (χ1n) is 6.48. The van der Waals surface area contributed by atoms with Crippen molar-refractivity contribution in [3.05, 3.63) is 59.4 Å². The molecule has 3 heteroatoms. The molecular weight excluding hydrogens is 236 g/mol. The van der Waals surface area contributed by atoms with Crippen LogP contribution in [-0.4, -0.2) is 17.1 Å². The molecule has 1 unspecified atom stereocenters. The Balaban J connectivity index is 2.23. The predicted octanol–water partition coefficient (Wildman–Crippen LogP) is 3.08. The van der Waals surface area contributed by atoms with Gasteiger partial charge in [-0.15, -0.1) is 0 Å². The quantitative estimate of drug-likeness (QED) is 0.913. The molecule has 2 aromatic rings. The van der Waals surface area contributed by atoms with Crippen LogP contribution in [0.15, 0.2) is 42.5 Å². The number of benzene rings is 1. The van der Waals surface area contributed by atoms with E-state index in [0.717, 1.165) is 29.2 Å². The zero-order valence-electron chi connectivity index (χ0n) is 11.7. The van der Waals surface area contributed by atoms with Crippen LogP contribution in [0.2, 0.25) is 0 Å². The van der Waals surface area contributed by atoms with Crippen molar-refractivity contribution in [2.24, 2.45) is 0 Å². The topological polar surface area (TPSA) is 36.4 Å². The molecular formula is C16H20N2O. The zero-order chi connectivity index (χ0) is 13.8. The molecule has 1 heterocycles. The van der Waals surface area contributed by atoms with Gasteiger partial charge in [-0.3, -0.25) is 4.98 Å². The van der Waals surface area contributed by atoms with Gasteiger partial charge in [0.25, 0.3) is 0 Å². The lowest BCUT2D eigenvalue weighted by atomic mass is 10.1. The molecule has 0 amide bonds. The average molecular weight is 256 g/mol. The number of rotatable bonds is 4. The van der Waals surface area contributed by atoms with Crippen LogP contribution in [-0.2, 0) is 6.54 Å². The summed E-state index contributed by atoms with van der Waals surface area (Å²) in [7, 11) is 2.02. The van der Waals surface area contributed by atoms with Crippen molar-refractivity contribution in [3.8, 4) is 0 Å². The zero-order valence-corrected chi connectivity index (χ0v) is 11.7. The molecule has 1 aromatic carbocycles. The highest BCUT2D eigenvalue weighted by molar-refractivity contribution is 5.54. The van der Waals surface area contributed by atoms with Crippen molar-refractivity contribution < 1.29 is 5.11 Å². The summed E-state index contributed by atoms with van der Waals surface area (Å²) in [5.74, 6) is 0. The third kappa shape index (κ3) is 3.32. The van der Waals surface area contributed by atoms with E-state index < -0.39 is 6.10 Å². The van der Waals surface area contributed by atoms with Crippen LogP contribution in [0.1, 0.15) is 30.0 Å². The van der Waals surface area contributed by atoms with Crippen LogP contribution in [0.25, 0.3) is 0 Å². The number of aryl methyl sites for hydroxylation is 1. The summed E-state index contributed by atoms with van der Waals surface area (Å²) in [4.78, 5) is 6.62. The van der Waals surface area contributed by atoms with E-state index >= 15 is 0 Å². The van der Waals surface area contributed by atoms with Crippen LogP contribution < -0.4 is 4.90 Å². The molecule has 100 valence electrons. The fourth-order valence-electron chi connectivity index (χ4n) is 2.20. The van der Waals surface area contributed by atoms with Crippen LogP contribution in [0.5, 0.6) is 0 Å². The number of hydrogen-bond acceptors (Lipinski definition) is 3. The standard InChI is InChI=1S/C16H20N2O/c1-12-7-6-8-14(17-12)11-18(3)16-10-5-4-9-15(16)13(2)19/h4-10,13,19H,11H2,1-3H3. The van der Waals surface area contributed by atoms with Crippen molar-refractivity contribution in [3.63, 3.8) is 0 Å². The van der Waals surface area contributed by atoms with Crippen molar-refractivity contribution >= 4 is 5.69 Å². The molecule has 0 saturated carbocycles. The van der Waals surface area contributed by atoms with Crippen LogP contribution in [0.4, 0.5) is 5.69 Å². The van der Waals surface area contributed by atoms with Crippen LogP contribution in [0.3, 0.4) is 0 Å². The van der Waals surface area contributed by atoms with Gasteiger partial charge in [0.05, 0.1) is 18.3 Å². The Labute approximate surface area is 114 Å². The fraction of sp³-hybridized carbons (Fsp3) is 0.312. The van der Waals surface area contributed by atoms with Gasteiger partial charge >= 0.3 is 0 Å². The van der Waals surface area contributed by atoms with E-state index in [2.05, 4.69) is 9.88 Å². The van der Waals surface area contributed by atoms with Crippen molar-refractivity contribution in [1.29, 1.82) is 0 Å². The van der Waals surface area contributed by atoms with E-state index in [0.29, 0.717) is 0 Å². The maximum absolute atomic E-state index is 9.82. The Bertz CT molecular complexity index is 552. The van der Waals surface area contributed by atoms with Crippen LogP contribution in [0, 0.1) is 6.92 Å². The molecule has 0 aliphatic carbocycles. The molecule has 1 N–H and O–H groups in total. The van der Waals surface area contributed by atoms with E-state index in [1.165, 1.54) is 0 Å². The molecule has 3 nitrogen and oxygen atoms in total. The highest BCUT2D eigenvalue weighted by atomic mass is 16.3. The molecule has 2 rings (SSSR count).